The lowest BCUT2D eigenvalue weighted by Crippen LogP contribution is -2.48. The lowest BCUT2D eigenvalue weighted by atomic mass is 9.84. The van der Waals surface area contributed by atoms with E-state index in [1.54, 1.807) is 0 Å². The van der Waals surface area contributed by atoms with Crippen LogP contribution in [0.3, 0.4) is 0 Å². The van der Waals surface area contributed by atoms with Gasteiger partial charge in [-0.15, -0.1) is 0 Å². The van der Waals surface area contributed by atoms with E-state index in [0.29, 0.717) is 12.2 Å². The summed E-state index contributed by atoms with van der Waals surface area (Å²) in [6.45, 7) is 11.7. The molecule has 0 unspecified atom stereocenters. The van der Waals surface area contributed by atoms with Crippen LogP contribution >= 0.6 is 0 Å². The van der Waals surface area contributed by atoms with E-state index in [4.69, 9.17) is 4.74 Å². The molecule has 3 nitrogen and oxygen atoms in total. The predicted octanol–water partition coefficient (Wildman–Crippen LogP) is 3.78. The Balaban J connectivity index is 1.55. The van der Waals surface area contributed by atoms with Crippen molar-refractivity contribution in [1.29, 1.82) is 0 Å². The molecule has 22 heavy (non-hydrogen) atoms. The molecule has 0 radical (unpaired) electrons. The number of hydrogen-bond acceptors (Lipinski definition) is 3. The van der Waals surface area contributed by atoms with E-state index < -0.39 is 0 Å². The number of likely N-dealkylation sites (N-methyl/N-ethyl adjacent to an activating group) is 1. The highest BCUT2D eigenvalue weighted by Gasteiger charge is 2.23. The lowest BCUT2D eigenvalue weighted by Gasteiger charge is -2.36. The second kappa shape index (κ2) is 9.24. The Morgan fingerprint density at radius 2 is 1.59 bits per heavy atom. The first-order valence-electron chi connectivity index (χ1n) is 9.62. The van der Waals surface area contributed by atoms with E-state index in [9.17, 15) is 0 Å². The van der Waals surface area contributed by atoms with E-state index >= 15 is 0 Å². The average Bonchev–Trinajstić information content (AvgIpc) is 2.49. The molecule has 0 aromatic carbocycles. The summed E-state index contributed by atoms with van der Waals surface area (Å²) in [5.41, 5.74) is 0. The van der Waals surface area contributed by atoms with Crippen LogP contribution in [-0.2, 0) is 4.74 Å². The maximum absolute atomic E-state index is 5.96. The molecule has 3 heteroatoms. The largest absolute Gasteiger partial charge is 0.376 e. The second-order valence-corrected chi connectivity index (χ2v) is 7.95. The van der Waals surface area contributed by atoms with Gasteiger partial charge >= 0.3 is 0 Å². The van der Waals surface area contributed by atoms with Gasteiger partial charge in [0.05, 0.1) is 12.2 Å². The fourth-order valence-corrected chi connectivity index (χ4v) is 4.09. The molecule has 0 N–H and O–H groups in total. The number of hydrogen-bond donors (Lipinski definition) is 0. The summed E-state index contributed by atoms with van der Waals surface area (Å²) >= 11 is 0. The van der Waals surface area contributed by atoms with E-state index in [0.717, 1.165) is 12.0 Å². The summed E-state index contributed by atoms with van der Waals surface area (Å²) in [6.07, 6.45) is 10.5. The number of nitrogens with zero attached hydrogens (tertiary/aromatic N) is 2. The third-order valence-electron chi connectivity index (χ3n) is 5.65. The van der Waals surface area contributed by atoms with Gasteiger partial charge in [-0.1, -0.05) is 12.8 Å². The Morgan fingerprint density at radius 1 is 0.955 bits per heavy atom. The first-order valence-corrected chi connectivity index (χ1v) is 9.62. The minimum atomic E-state index is 0.394. The van der Waals surface area contributed by atoms with Gasteiger partial charge in [0, 0.05) is 32.2 Å². The molecule has 2 aliphatic rings. The SMILES string of the molecule is CC(C)OC1CCC(CCC[C@H](C)N2CCN(C)CC2)CC1. The summed E-state index contributed by atoms with van der Waals surface area (Å²) < 4.78 is 5.96. The van der Waals surface area contributed by atoms with Gasteiger partial charge in [0.15, 0.2) is 0 Å². The van der Waals surface area contributed by atoms with Crippen molar-refractivity contribution in [2.24, 2.45) is 5.92 Å². The fraction of sp³-hybridized carbons (Fsp3) is 1.00. The second-order valence-electron chi connectivity index (χ2n) is 7.95. The molecule has 0 amide bonds. The van der Waals surface area contributed by atoms with Gasteiger partial charge < -0.3 is 9.64 Å². The third kappa shape index (κ3) is 6.17. The quantitative estimate of drug-likeness (QED) is 0.712. The van der Waals surface area contributed by atoms with E-state index in [-0.39, 0.29) is 0 Å². The highest BCUT2D eigenvalue weighted by atomic mass is 16.5. The Labute approximate surface area is 138 Å². The first-order chi connectivity index (χ1) is 10.5. The van der Waals surface area contributed by atoms with Crippen LogP contribution in [0, 0.1) is 5.92 Å². The molecule has 0 aromatic heterocycles. The normalized spacial score (nSPS) is 29.9. The highest BCUT2D eigenvalue weighted by Crippen LogP contribution is 2.30. The van der Waals surface area contributed by atoms with Crippen LogP contribution in [-0.4, -0.2) is 61.3 Å². The maximum atomic E-state index is 5.96. The molecule has 0 bridgehead atoms. The monoisotopic (exact) mass is 310 g/mol. The fourth-order valence-electron chi connectivity index (χ4n) is 4.09. The van der Waals surface area contributed by atoms with Crippen molar-refractivity contribution in [2.45, 2.75) is 84.0 Å². The topological polar surface area (TPSA) is 15.7 Å². The molecule has 2 fully saturated rings. The average molecular weight is 311 g/mol. The van der Waals surface area contributed by atoms with Gasteiger partial charge in [0.25, 0.3) is 0 Å². The number of ether oxygens (including phenoxy) is 1. The first kappa shape index (κ1) is 18.2. The van der Waals surface area contributed by atoms with E-state index in [1.807, 2.05) is 0 Å². The summed E-state index contributed by atoms with van der Waals surface area (Å²) in [7, 11) is 2.24. The van der Waals surface area contributed by atoms with Crippen LogP contribution in [0.5, 0.6) is 0 Å². The molecule has 0 aromatic rings. The Kier molecular flexibility index (Phi) is 7.66. The minimum Gasteiger partial charge on any atom is -0.376 e. The van der Waals surface area contributed by atoms with Gasteiger partial charge in [0.2, 0.25) is 0 Å². The van der Waals surface area contributed by atoms with Crippen molar-refractivity contribution in [3.63, 3.8) is 0 Å². The zero-order chi connectivity index (χ0) is 15.9. The zero-order valence-electron chi connectivity index (χ0n) is 15.4. The summed E-state index contributed by atoms with van der Waals surface area (Å²) in [5.74, 6) is 0.965. The Hall–Kier alpha value is -0.120. The molecule has 1 aliphatic heterocycles. The Bertz CT molecular complexity index is 292. The predicted molar refractivity (Wildman–Crippen MR) is 94.4 cm³/mol. The van der Waals surface area contributed by atoms with Crippen molar-refractivity contribution in [3.8, 4) is 0 Å². The molecular formula is C19H38N2O. The Morgan fingerprint density at radius 3 is 2.18 bits per heavy atom. The van der Waals surface area contributed by atoms with Crippen LogP contribution in [0.2, 0.25) is 0 Å². The molecule has 130 valence electrons. The summed E-state index contributed by atoms with van der Waals surface area (Å²) in [5, 5.41) is 0. The van der Waals surface area contributed by atoms with Crippen LogP contribution < -0.4 is 0 Å². The van der Waals surface area contributed by atoms with E-state index in [2.05, 4.69) is 37.6 Å². The van der Waals surface area contributed by atoms with Crippen molar-refractivity contribution in [2.75, 3.05) is 33.2 Å². The molecule has 1 atom stereocenters. The van der Waals surface area contributed by atoms with E-state index in [1.165, 1.54) is 71.1 Å². The zero-order valence-corrected chi connectivity index (χ0v) is 15.4. The lowest BCUT2D eigenvalue weighted by molar-refractivity contribution is -0.0204. The minimum absolute atomic E-state index is 0.394. The molecule has 1 saturated carbocycles. The summed E-state index contributed by atoms with van der Waals surface area (Å²) in [4.78, 5) is 5.13. The van der Waals surface area contributed by atoms with Crippen LogP contribution in [0.25, 0.3) is 0 Å². The smallest absolute Gasteiger partial charge is 0.0578 e. The molecule has 0 spiro atoms. The van der Waals surface area contributed by atoms with Crippen LogP contribution in [0.15, 0.2) is 0 Å². The molecule has 1 aliphatic carbocycles. The standard InChI is InChI=1S/C19H38N2O/c1-16(2)22-19-10-8-18(9-11-19)7-5-6-17(3)21-14-12-20(4)13-15-21/h16-19H,5-15H2,1-4H3/t17-,18?,19?/m0/s1. The van der Waals surface area contributed by atoms with Crippen molar-refractivity contribution >= 4 is 0 Å². The number of piperazine rings is 1. The van der Waals surface area contributed by atoms with Gasteiger partial charge in [-0.05, 0) is 65.8 Å². The molecule has 2 rings (SSSR count). The highest BCUT2D eigenvalue weighted by molar-refractivity contribution is 4.77. The van der Waals surface area contributed by atoms with Crippen LogP contribution in [0.4, 0.5) is 0 Å². The van der Waals surface area contributed by atoms with Crippen LogP contribution in [0.1, 0.15) is 65.7 Å². The van der Waals surface area contributed by atoms with Crippen molar-refractivity contribution < 1.29 is 4.74 Å². The van der Waals surface area contributed by atoms with Gasteiger partial charge in [-0.3, -0.25) is 4.90 Å². The molecule has 1 saturated heterocycles. The van der Waals surface area contributed by atoms with Crippen molar-refractivity contribution in [1.82, 2.24) is 9.80 Å². The molecular weight excluding hydrogens is 272 g/mol. The van der Waals surface area contributed by atoms with Gasteiger partial charge in [0.1, 0.15) is 0 Å². The molecule has 1 heterocycles. The third-order valence-corrected chi connectivity index (χ3v) is 5.65. The van der Waals surface area contributed by atoms with Gasteiger partial charge in [-0.2, -0.15) is 0 Å². The van der Waals surface area contributed by atoms with Gasteiger partial charge in [-0.25, -0.2) is 0 Å². The summed E-state index contributed by atoms with van der Waals surface area (Å²) in [6, 6.07) is 0.773. The van der Waals surface area contributed by atoms with Crippen molar-refractivity contribution in [3.05, 3.63) is 0 Å². The number of rotatable bonds is 7. The maximum Gasteiger partial charge on any atom is 0.0578 e.